The van der Waals surface area contributed by atoms with E-state index in [2.05, 4.69) is 5.10 Å². The van der Waals surface area contributed by atoms with Gasteiger partial charge >= 0.3 is 0 Å². The summed E-state index contributed by atoms with van der Waals surface area (Å²) in [7, 11) is -2.41. The van der Waals surface area contributed by atoms with Crippen LogP contribution in [0.15, 0.2) is 36.4 Å². The highest BCUT2D eigenvalue weighted by molar-refractivity contribution is 7.92. The summed E-state index contributed by atoms with van der Waals surface area (Å²) >= 11 is 6.45. The molecule has 1 fully saturated rings. The van der Waals surface area contributed by atoms with Crippen molar-refractivity contribution in [1.29, 1.82) is 0 Å². The number of sulfonamides is 1. The Morgan fingerprint density at radius 3 is 2.38 bits per heavy atom. The number of nitro groups is 1. The fourth-order valence-corrected chi connectivity index (χ4v) is 5.52. The van der Waals surface area contributed by atoms with Crippen molar-refractivity contribution < 1.29 is 26.9 Å². The van der Waals surface area contributed by atoms with E-state index in [4.69, 9.17) is 16.3 Å². The van der Waals surface area contributed by atoms with Gasteiger partial charge in [-0.25, -0.2) is 21.5 Å². The first kappa shape index (κ1) is 27.0. The molecule has 1 aliphatic rings. The number of hydrogen-bond acceptors (Lipinski definition) is 7. The normalized spacial score (nSPS) is 18.7. The van der Waals surface area contributed by atoms with Gasteiger partial charge in [-0.05, 0) is 23.8 Å². The number of ether oxygens (including phenoxy) is 1. The van der Waals surface area contributed by atoms with Gasteiger partial charge in [-0.3, -0.25) is 19.7 Å². The third-order valence-corrected chi connectivity index (χ3v) is 7.59. The number of fused-ring (bicyclic) bond motifs is 1. The number of piperidine rings is 1. The average Bonchev–Trinajstić information content (AvgIpc) is 3.20. The molecule has 1 aliphatic heterocycles. The molecule has 0 saturated carbocycles. The van der Waals surface area contributed by atoms with Crippen molar-refractivity contribution >= 4 is 44.0 Å². The Morgan fingerprint density at radius 2 is 1.81 bits per heavy atom. The van der Waals surface area contributed by atoms with Crippen LogP contribution in [0.4, 0.5) is 20.3 Å². The van der Waals surface area contributed by atoms with Gasteiger partial charge < -0.3 is 4.74 Å². The van der Waals surface area contributed by atoms with Crippen LogP contribution in [0, 0.1) is 10.1 Å². The minimum atomic E-state index is -3.92. The zero-order valence-corrected chi connectivity index (χ0v) is 21.8. The first-order valence-electron chi connectivity index (χ1n) is 11.4. The van der Waals surface area contributed by atoms with Gasteiger partial charge in [0.1, 0.15) is 23.6 Å². The van der Waals surface area contributed by atoms with Crippen LogP contribution in [0.2, 0.25) is 5.02 Å². The SMILES string of the molecule is COc1ccc(CN(c2nn(CCN3C[C@H](F)C[C@H](F)C3)c3c([N+](=O)[O-])ccc(Cl)c23)S(C)(=O)=O)cc1. The summed E-state index contributed by atoms with van der Waals surface area (Å²) in [5.41, 5.74) is 0.328. The van der Waals surface area contributed by atoms with Crippen LogP contribution in [0.1, 0.15) is 12.0 Å². The molecule has 0 radical (unpaired) electrons. The minimum absolute atomic E-state index is 0.0251. The van der Waals surface area contributed by atoms with Crippen LogP contribution in [-0.4, -0.2) is 73.4 Å². The highest BCUT2D eigenvalue weighted by atomic mass is 35.5. The number of halogens is 3. The smallest absolute Gasteiger partial charge is 0.295 e. The topological polar surface area (TPSA) is 111 Å². The molecule has 3 aromatic rings. The Bertz CT molecular complexity index is 1390. The van der Waals surface area contributed by atoms with Gasteiger partial charge in [0, 0.05) is 32.1 Å². The number of likely N-dealkylation sites (tertiary alicyclic amines) is 1. The predicted molar refractivity (Wildman–Crippen MR) is 136 cm³/mol. The predicted octanol–water partition coefficient (Wildman–Crippen LogP) is 3.95. The van der Waals surface area contributed by atoms with E-state index in [0.29, 0.717) is 11.3 Å². The summed E-state index contributed by atoms with van der Waals surface area (Å²) in [6.45, 7) is 0.118. The molecule has 0 unspecified atom stereocenters. The van der Waals surface area contributed by atoms with Crippen LogP contribution >= 0.6 is 11.6 Å². The van der Waals surface area contributed by atoms with Gasteiger partial charge in [-0.15, -0.1) is 0 Å². The summed E-state index contributed by atoms with van der Waals surface area (Å²) in [4.78, 5) is 12.8. The molecule has 200 valence electrons. The minimum Gasteiger partial charge on any atom is -0.497 e. The van der Waals surface area contributed by atoms with Gasteiger partial charge in [0.2, 0.25) is 10.0 Å². The van der Waals surface area contributed by atoms with Gasteiger partial charge in [-0.2, -0.15) is 5.10 Å². The molecule has 10 nitrogen and oxygen atoms in total. The second-order valence-electron chi connectivity index (χ2n) is 8.90. The van der Waals surface area contributed by atoms with Crippen molar-refractivity contribution in [2.75, 3.05) is 37.3 Å². The number of methoxy groups -OCH3 is 1. The number of benzene rings is 2. The monoisotopic (exact) mass is 557 g/mol. The van der Waals surface area contributed by atoms with Gasteiger partial charge in [-0.1, -0.05) is 23.7 Å². The molecule has 0 spiro atoms. The molecule has 0 aliphatic carbocycles. The molecule has 1 saturated heterocycles. The summed E-state index contributed by atoms with van der Waals surface area (Å²) in [6.07, 6.45) is -1.80. The van der Waals surface area contributed by atoms with Crippen molar-refractivity contribution in [2.24, 2.45) is 0 Å². The summed E-state index contributed by atoms with van der Waals surface area (Å²) < 4.78 is 61.0. The highest BCUT2D eigenvalue weighted by Crippen LogP contribution is 2.39. The van der Waals surface area contributed by atoms with E-state index in [9.17, 15) is 27.3 Å². The Hall–Kier alpha value is -3.03. The molecule has 4 rings (SSSR count). The second kappa shape index (κ2) is 10.8. The maximum absolute atomic E-state index is 13.9. The highest BCUT2D eigenvalue weighted by Gasteiger charge is 2.31. The number of rotatable bonds is 9. The van der Waals surface area contributed by atoms with E-state index in [1.807, 2.05) is 0 Å². The molecule has 37 heavy (non-hydrogen) atoms. The number of hydrogen-bond donors (Lipinski definition) is 0. The Kier molecular flexibility index (Phi) is 7.85. The molecular weight excluding hydrogens is 532 g/mol. The molecule has 2 atom stereocenters. The quantitative estimate of drug-likeness (QED) is 0.289. The van der Waals surface area contributed by atoms with Crippen LogP contribution in [0.3, 0.4) is 0 Å². The molecular formula is C23H26ClF2N5O5S. The van der Waals surface area contributed by atoms with E-state index >= 15 is 0 Å². The number of nitro benzene ring substituents is 1. The lowest BCUT2D eigenvalue weighted by atomic mass is 10.1. The lowest BCUT2D eigenvalue weighted by Gasteiger charge is -2.31. The number of nitrogens with zero attached hydrogens (tertiary/aromatic N) is 5. The van der Waals surface area contributed by atoms with Crippen molar-refractivity contribution in [3.05, 3.63) is 57.1 Å². The fraction of sp³-hybridized carbons (Fsp3) is 0.435. The van der Waals surface area contributed by atoms with Gasteiger partial charge in [0.05, 0.1) is 41.8 Å². The number of alkyl halides is 2. The van der Waals surface area contributed by atoms with E-state index in [1.165, 1.54) is 23.9 Å². The molecule has 0 N–H and O–H groups in total. The number of non-ortho nitro benzene ring substituents is 1. The summed E-state index contributed by atoms with van der Waals surface area (Å²) in [6, 6.07) is 9.28. The van der Waals surface area contributed by atoms with E-state index in [-0.39, 0.29) is 66.6 Å². The van der Waals surface area contributed by atoms with Crippen LogP contribution < -0.4 is 9.04 Å². The molecule has 2 heterocycles. The molecule has 0 bridgehead atoms. The second-order valence-corrected chi connectivity index (χ2v) is 11.2. The zero-order chi connectivity index (χ0) is 26.9. The largest absolute Gasteiger partial charge is 0.497 e. The lowest BCUT2D eigenvalue weighted by Crippen LogP contribution is -2.43. The standard InChI is InChI=1S/C23H26ClF2N5O5S/c1-36-18-5-3-15(4-6-18)12-30(37(2,34)35)23-21-19(24)7-8-20(31(32)33)22(21)29(27-23)10-9-28-13-16(25)11-17(26)14-28/h3-8,16-17H,9-14H2,1-2H3/t16-,17+. The molecule has 0 amide bonds. The average molecular weight is 558 g/mol. The van der Waals surface area contributed by atoms with E-state index < -0.39 is 27.3 Å². The first-order chi connectivity index (χ1) is 17.5. The molecule has 14 heteroatoms. The van der Waals surface area contributed by atoms with E-state index in [0.717, 1.165) is 10.6 Å². The number of anilines is 1. The first-order valence-corrected chi connectivity index (χ1v) is 13.6. The lowest BCUT2D eigenvalue weighted by molar-refractivity contribution is -0.383. The van der Waals surface area contributed by atoms with Crippen molar-refractivity contribution in [1.82, 2.24) is 14.7 Å². The third-order valence-electron chi connectivity index (χ3n) is 6.17. The summed E-state index contributed by atoms with van der Waals surface area (Å²) in [5, 5.41) is 16.5. The Balaban J connectivity index is 1.79. The molecule has 2 aromatic carbocycles. The number of aromatic nitrogens is 2. The van der Waals surface area contributed by atoms with Gasteiger partial charge in [0.15, 0.2) is 5.82 Å². The van der Waals surface area contributed by atoms with Crippen LogP contribution in [-0.2, 0) is 23.1 Å². The van der Waals surface area contributed by atoms with Crippen LogP contribution in [0.5, 0.6) is 5.75 Å². The van der Waals surface area contributed by atoms with Gasteiger partial charge in [0.25, 0.3) is 5.69 Å². The Labute approximate surface area is 217 Å². The fourth-order valence-electron chi connectivity index (χ4n) is 4.45. The Morgan fingerprint density at radius 1 is 1.16 bits per heavy atom. The maximum atomic E-state index is 13.9. The maximum Gasteiger partial charge on any atom is 0.295 e. The van der Waals surface area contributed by atoms with Crippen molar-refractivity contribution in [3.8, 4) is 5.75 Å². The molecule has 1 aromatic heterocycles. The van der Waals surface area contributed by atoms with Crippen molar-refractivity contribution in [3.63, 3.8) is 0 Å². The van der Waals surface area contributed by atoms with E-state index in [1.54, 1.807) is 29.2 Å². The third kappa shape index (κ3) is 5.94. The van der Waals surface area contributed by atoms with Crippen molar-refractivity contribution in [2.45, 2.75) is 31.9 Å². The summed E-state index contributed by atoms with van der Waals surface area (Å²) in [5.74, 6) is 0.513. The van der Waals surface area contributed by atoms with Crippen LogP contribution in [0.25, 0.3) is 10.9 Å². The zero-order valence-electron chi connectivity index (χ0n) is 20.2.